The molecule has 6 nitrogen and oxygen atoms in total. The zero-order valence-corrected chi connectivity index (χ0v) is 44.3. The number of rotatable bonds is 42. The molecule has 354 valence electrons. The Labute approximate surface area is 385 Å². The van der Waals surface area contributed by atoms with Gasteiger partial charge in [0.1, 0.15) is 0 Å². The summed E-state index contributed by atoms with van der Waals surface area (Å²) >= 11 is 0. The Bertz CT molecular complexity index is 1140. The van der Waals surface area contributed by atoms with E-state index in [9.17, 15) is 0 Å². The fourth-order valence-corrected chi connectivity index (χ4v) is 19.0. The van der Waals surface area contributed by atoms with Crippen molar-refractivity contribution in [3.05, 3.63) is 0 Å². The van der Waals surface area contributed by atoms with Gasteiger partial charge in [0, 0.05) is 34.5 Å². The number of hydrogen-bond donors (Lipinski definition) is 0. The summed E-state index contributed by atoms with van der Waals surface area (Å²) in [6.07, 6.45) is 28.8. The zero-order valence-electron chi connectivity index (χ0n) is 39.4. The lowest BCUT2D eigenvalue weighted by Gasteiger charge is -2.25. The van der Waals surface area contributed by atoms with Gasteiger partial charge >= 0.3 is 0 Å². The van der Waals surface area contributed by atoms with E-state index in [2.05, 4.69) is 41.5 Å². The molecule has 0 aliphatic carbocycles. The van der Waals surface area contributed by atoms with Crippen LogP contribution in [0.2, 0.25) is 0 Å². The molecular formula is C48H90O6S6. The Morgan fingerprint density at radius 2 is 0.317 bits per heavy atom. The van der Waals surface area contributed by atoms with Crippen LogP contribution in [0.4, 0.5) is 0 Å². The van der Waals surface area contributed by atoms with Crippen LogP contribution >= 0.6 is 0 Å². The predicted octanol–water partition coefficient (Wildman–Crippen LogP) is 14.2. The van der Waals surface area contributed by atoms with Crippen LogP contribution in [0, 0.1) is 0 Å². The van der Waals surface area contributed by atoms with Crippen molar-refractivity contribution < 1.29 is 25.3 Å². The topological polar surface area (TPSA) is 102 Å². The molecule has 0 N–H and O–H groups in total. The maximum atomic E-state index is 15.1. The standard InChI is InChI=1S/C48H90O6S6/c1-7-13-19-25-31-37-55(49)43-44(56(50)38-32-26-20-14-8-2)46(58(52)40-34-28-22-16-10-4)48(60(54)42-36-30-24-18-12-6)47(59(53)41-35-29-23-17-11-5)45(43)57(51)39-33-27-21-15-9-3/h7-42H2,1-6H3. The molecule has 0 bridgehead atoms. The van der Waals surface area contributed by atoms with Crippen LogP contribution in [0.1, 0.15) is 234 Å². The molecule has 1 aromatic carbocycles. The van der Waals surface area contributed by atoms with Gasteiger partial charge in [-0.2, -0.15) is 0 Å². The molecule has 0 spiro atoms. The van der Waals surface area contributed by atoms with Gasteiger partial charge in [0.2, 0.25) is 0 Å². The lowest BCUT2D eigenvalue weighted by Crippen LogP contribution is -2.22. The van der Waals surface area contributed by atoms with E-state index in [0.29, 0.717) is 73.0 Å². The molecule has 1 aromatic rings. The Morgan fingerprint density at radius 1 is 0.200 bits per heavy atom. The summed E-state index contributed by atoms with van der Waals surface area (Å²) in [5.74, 6) is 1.82. The maximum Gasteiger partial charge on any atom is 0.0736 e. The minimum Gasteiger partial charge on any atom is -0.254 e. The fraction of sp³-hybridized carbons (Fsp3) is 0.875. The van der Waals surface area contributed by atoms with Gasteiger partial charge in [-0.15, -0.1) is 0 Å². The van der Waals surface area contributed by atoms with Crippen molar-refractivity contribution in [3.63, 3.8) is 0 Å². The van der Waals surface area contributed by atoms with Crippen molar-refractivity contribution in [1.29, 1.82) is 0 Å². The first-order chi connectivity index (χ1) is 29.2. The van der Waals surface area contributed by atoms with Crippen molar-refractivity contribution in [1.82, 2.24) is 0 Å². The molecule has 0 saturated heterocycles. The summed E-state index contributed by atoms with van der Waals surface area (Å²) in [4.78, 5) is 1.56. The summed E-state index contributed by atoms with van der Waals surface area (Å²) in [5, 5.41) is 0. The molecule has 60 heavy (non-hydrogen) atoms. The summed E-state index contributed by atoms with van der Waals surface area (Å²) in [7, 11) is -10.4. The van der Waals surface area contributed by atoms with E-state index in [0.717, 1.165) is 154 Å². The van der Waals surface area contributed by atoms with Crippen LogP contribution in [0.5, 0.6) is 0 Å². The highest BCUT2D eigenvalue weighted by molar-refractivity contribution is 7.93. The van der Waals surface area contributed by atoms with E-state index in [1.807, 2.05) is 0 Å². The molecule has 12 heteroatoms. The van der Waals surface area contributed by atoms with E-state index in [4.69, 9.17) is 0 Å². The minimum absolute atomic E-state index is 0.261. The van der Waals surface area contributed by atoms with Gasteiger partial charge in [-0.1, -0.05) is 196 Å². The highest BCUT2D eigenvalue weighted by Crippen LogP contribution is 2.42. The second-order valence-corrected chi connectivity index (χ2v) is 25.8. The Balaban J connectivity index is 4.38. The second-order valence-electron chi connectivity index (χ2n) is 16.8. The van der Waals surface area contributed by atoms with E-state index in [-0.39, 0.29) is 29.4 Å². The van der Waals surface area contributed by atoms with E-state index < -0.39 is 64.8 Å². The van der Waals surface area contributed by atoms with Crippen LogP contribution in [-0.2, 0) is 64.8 Å². The molecule has 0 radical (unpaired) electrons. The first kappa shape index (κ1) is 58.1. The van der Waals surface area contributed by atoms with Crippen LogP contribution in [0.15, 0.2) is 29.4 Å². The summed E-state index contributed by atoms with van der Waals surface area (Å²) in [5.41, 5.74) is 0. The first-order valence-corrected chi connectivity index (χ1v) is 32.6. The second kappa shape index (κ2) is 38.4. The lowest BCUT2D eigenvalue weighted by molar-refractivity contribution is 0.619. The molecule has 0 aromatic heterocycles. The third-order valence-corrected chi connectivity index (χ3v) is 21.1. The fourth-order valence-electron chi connectivity index (χ4n) is 7.49. The normalized spacial score (nSPS) is 14.9. The average molecular weight is 956 g/mol. The van der Waals surface area contributed by atoms with Crippen LogP contribution in [0.25, 0.3) is 0 Å². The molecule has 0 amide bonds. The van der Waals surface area contributed by atoms with Crippen molar-refractivity contribution in [2.75, 3.05) is 34.5 Å². The Hall–Kier alpha value is 0.120. The maximum absolute atomic E-state index is 15.1. The predicted molar refractivity (Wildman–Crippen MR) is 267 cm³/mol. The van der Waals surface area contributed by atoms with Crippen molar-refractivity contribution in [2.24, 2.45) is 0 Å². The molecule has 1 rings (SSSR count). The summed E-state index contributed by atoms with van der Waals surface area (Å²) < 4.78 is 90.6. The number of benzene rings is 1. The van der Waals surface area contributed by atoms with E-state index >= 15 is 25.3 Å². The van der Waals surface area contributed by atoms with Gasteiger partial charge in [-0.25, -0.2) is 0 Å². The minimum atomic E-state index is -1.73. The smallest absolute Gasteiger partial charge is 0.0736 e. The van der Waals surface area contributed by atoms with Gasteiger partial charge < -0.3 is 0 Å². The largest absolute Gasteiger partial charge is 0.254 e. The quantitative estimate of drug-likeness (QED) is 0.0605. The van der Waals surface area contributed by atoms with Crippen LogP contribution < -0.4 is 0 Å². The summed E-state index contributed by atoms with van der Waals surface area (Å²) in [6, 6.07) is 0. The van der Waals surface area contributed by atoms with Gasteiger partial charge in [0.05, 0.1) is 94.2 Å². The van der Waals surface area contributed by atoms with Gasteiger partial charge in [-0.3, -0.25) is 25.3 Å². The van der Waals surface area contributed by atoms with Gasteiger partial charge in [0.25, 0.3) is 0 Å². The summed E-state index contributed by atoms with van der Waals surface area (Å²) in [6.45, 7) is 13.0. The van der Waals surface area contributed by atoms with E-state index in [1.165, 1.54) is 0 Å². The molecule has 0 heterocycles. The van der Waals surface area contributed by atoms with E-state index in [1.54, 1.807) is 0 Å². The zero-order chi connectivity index (χ0) is 44.4. The van der Waals surface area contributed by atoms with Crippen molar-refractivity contribution in [3.8, 4) is 0 Å². The molecule has 0 fully saturated rings. The van der Waals surface area contributed by atoms with Gasteiger partial charge in [-0.05, 0) is 38.5 Å². The first-order valence-electron chi connectivity index (χ1n) is 24.7. The molecule has 6 atom stereocenters. The molecule has 0 aliphatic rings. The number of hydrogen-bond acceptors (Lipinski definition) is 6. The van der Waals surface area contributed by atoms with Crippen LogP contribution in [-0.4, -0.2) is 59.8 Å². The SMILES string of the molecule is CCCCCCCS(=O)c1c(S(=O)CCCCCCC)c(S(=O)CCCCCCC)c(S(=O)CCCCCCC)c(S(=O)CCCCCCC)c1S(=O)CCCCCCC. The number of unbranched alkanes of at least 4 members (excludes halogenated alkanes) is 24. The van der Waals surface area contributed by atoms with Gasteiger partial charge in [0.15, 0.2) is 0 Å². The monoisotopic (exact) mass is 955 g/mol. The third kappa shape index (κ3) is 23.3. The average Bonchev–Trinajstić information content (AvgIpc) is 3.24. The molecule has 0 saturated carbocycles. The highest BCUT2D eigenvalue weighted by atomic mass is 32.2. The van der Waals surface area contributed by atoms with Crippen molar-refractivity contribution in [2.45, 2.75) is 264 Å². The van der Waals surface area contributed by atoms with Crippen LogP contribution in [0.3, 0.4) is 0 Å². The Kier molecular flexibility index (Phi) is 37.2. The lowest BCUT2D eigenvalue weighted by atomic mass is 10.2. The highest BCUT2D eigenvalue weighted by Gasteiger charge is 2.38. The van der Waals surface area contributed by atoms with Crippen molar-refractivity contribution >= 4 is 64.8 Å². The molecule has 6 unspecified atom stereocenters. The molecular weight excluding hydrogens is 865 g/mol. The Morgan fingerprint density at radius 3 is 0.433 bits per heavy atom. The molecule has 0 aliphatic heterocycles. The third-order valence-electron chi connectivity index (χ3n) is 11.2.